The normalized spacial score (nSPS) is 9.71. The monoisotopic (exact) mass is 262 g/mol. The standard InChI is InChI=1S/C13H6Cl2NO/c14-11-2-1-3-12(13(11)15)17-10-6-4-9(8-16)5-7-10/h1-6H. The fourth-order valence-electron chi connectivity index (χ4n) is 1.22. The molecule has 0 spiro atoms. The van der Waals surface area contributed by atoms with E-state index in [2.05, 4.69) is 6.07 Å². The first-order valence-corrected chi connectivity index (χ1v) is 5.50. The van der Waals surface area contributed by atoms with E-state index in [0.717, 1.165) is 0 Å². The third-order valence-corrected chi connectivity index (χ3v) is 2.85. The zero-order chi connectivity index (χ0) is 12.3. The van der Waals surface area contributed by atoms with Crippen molar-refractivity contribution in [3.63, 3.8) is 0 Å². The Morgan fingerprint density at radius 1 is 1.18 bits per heavy atom. The number of hydrogen-bond donors (Lipinski definition) is 0. The Morgan fingerprint density at radius 2 is 2.00 bits per heavy atom. The first kappa shape index (κ1) is 11.8. The highest BCUT2D eigenvalue weighted by Gasteiger charge is 2.06. The second-order valence-electron chi connectivity index (χ2n) is 3.21. The van der Waals surface area contributed by atoms with Gasteiger partial charge in [-0.3, -0.25) is 0 Å². The Bertz CT molecular complexity index is 573. The number of ether oxygens (including phenoxy) is 1. The van der Waals surface area contributed by atoms with Crippen LogP contribution in [-0.2, 0) is 0 Å². The van der Waals surface area contributed by atoms with Gasteiger partial charge in [-0.1, -0.05) is 29.3 Å². The Kier molecular flexibility index (Phi) is 3.53. The second kappa shape index (κ2) is 5.09. The van der Waals surface area contributed by atoms with Crippen LogP contribution in [0.4, 0.5) is 0 Å². The van der Waals surface area contributed by atoms with Crippen molar-refractivity contribution in [2.24, 2.45) is 0 Å². The minimum atomic E-state index is 0.354. The molecule has 2 nitrogen and oxygen atoms in total. The molecule has 0 aliphatic carbocycles. The SMILES string of the molecule is N#Cc1c[c]c(Oc2cccc(Cl)c2Cl)cc1. The lowest BCUT2D eigenvalue weighted by atomic mass is 10.2. The van der Waals surface area contributed by atoms with Crippen molar-refractivity contribution < 1.29 is 4.74 Å². The van der Waals surface area contributed by atoms with Crippen molar-refractivity contribution in [1.82, 2.24) is 0 Å². The third kappa shape index (κ3) is 2.71. The summed E-state index contributed by atoms with van der Waals surface area (Å²) < 4.78 is 5.51. The van der Waals surface area contributed by atoms with Gasteiger partial charge in [0.05, 0.1) is 16.7 Å². The summed E-state index contributed by atoms with van der Waals surface area (Å²) in [6.07, 6.45) is 0. The van der Waals surface area contributed by atoms with E-state index in [1.165, 1.54) is 0 Å². The van der Waals surface area contributed by atoms with E-state index >= 15 is 0 Å². The number of benzene rings is 2. The highest BCUT2D eigenvalue weighted by atomic mass is 35.5. The van der Waals surface area contributed by atoms with Crippen LogP contribution in [0.5, 0.6) is 11.5 Å². The number of nitriles is 1. The second-order valence-corrected chi connectivity index (χ2v) is 3.99. The summed E-state index contributed by atoms with van der Waals surface area (Å²) in [4.78, 5) is 0. The van der Waals surface area contributed by atoms with Crippen LogP contribution in [0.2, 0.25) is 10.0 Å². The molecule has 17 heavy (non-hydrogen) atoms. The van der Waals surface area contributed by atoms with Gasteiger partial charge < -0.3 is 4.74 Å². The number of halogens is 2. The summed E-state index contributed by atoms with van der Waals surface area (Å²) in [6.45, 7) is 0. The van der Waals surface area contributed by atoms with E-state index in [1.807, 2.05) is 6.07 Å². The molecule has 1 radical (unpaired) electrons. The van der Waals surface area contributed by atoms with Gasteiger partial charge in [-0.15, -0.1) is 0 Å². The van der Waals surface area contributed by atoms with Crippen LogP contribution in [-0.4, -0.2) is 0 Å². The van der Waals surface area contributed by atoms with E-state index in [9.17, 15) is 0 Å². The molecular formula is C13H6Cl2NO. The lowest BCUT2D eigenvalue weighted by molar-refractivity contribution is 0.482. The minimum absolute atomic E-state index is 0.354. The molecule has 2 aromatic rings. The first-order chi connectivity index (χ1) is 8.20. The summed E-state index contributed by atoms with van der Waals surface area (Å²) in [6, 6.07) is 14.8. The predicted molar refractivity (Wildman–Crippen MR) is 66.5 cm³/mol. The molecule has 0 N–H and O–H groups in total. The smallest absolute Gasteiger partial charge is 0.147 e. The summed E-state index contributed by atoms with van der Waals surface area (Å²) in [5.41, 5.74) is 0.523. The van der Waals surface area contributed by atoms with Crippen LogP contribution in [0.25, 0.3) is 0 Å². The van der Waals surface area contributed by atoms with Crippen LogP contribution in [0.3, 0.4) is 0 Å². The Hall–Kier alpha value is -1.69. The lowest BCUT2D eigenvalue weighted by Crippen LogP contribution is -1.86. The van der Waals surface area contributed by atoms with Gasteiger partial charge in [0, 0.05) is 6.07 Å². The fourth-order valence-corrected chi connectivity index (χ4v) is 1.56. The van der Waals surface area contributed by atoms with Crippen molar-refractivity contribution in [2.75, 3.05) is 0 Å². The average molecular weight is 263 g/mol. The Morgan fingerprint density at radius 3 is 2.65 bits per heavy atom. The average Bonchev–Trinajstić information content (AvgIpc) is 2.36. The number of nitrogens with zero attached hydrogens (tertiary/aromatic N) is 1. The van der Waals surface area contributed by atoms with Gasteiger partial charge >= 0.3 is 0 Å². The molecule has 0 amide bonds. The van der Waals surface area contributed by atoms with Crippen LogP contribution >= 0.6 is 23.2 Å². The Labute approximate surface area is 109 Å². The lowest BCUT2D eigenvalue weighted by Gasteiger charge is -2.07. The van der Waals surface area contributed by atoms with Gasteiger partial charge in [-0.05, 0) is 30.3 Å². The summed E-state index contributed by atoms with van der Waals surface area (Å²) in [5.74, 6) is 0.938. The molecule has 0 bridgehead atoms. The molecule has 0 atom stereocenters. The van der Waals surface area contributed by atoms with E-state index in [0.29, 0.717) is 27.1 Å². The summed E-state index contributed by atoms with van der Waals surface area (Å²) in [7, 11) is 0. The van der Waals surface area contributed by atoms with Gasteiger partial charge in [-0.2, -0.15) is 5.26 Å². The minimum Gasteiger partial charge on any atom is -0.455 e. The highest BCUT2D eigenvalue weighted by molar-refractivity contribution is 6.42. The van der Waals surface area contributed by atoms with Crippen molar-refractivity contribution in [2.45, 2.75) is 0 Å². The molecule has 0 heterocycles. The maximum atomic E-state index is 8.65. The molecule has 83 valence electrons. The van der Waals surface area contributed by atoms with Crippen LogP contribution in [0.15, 0.2) is 36.4 Å². The van der Waals surface area contributed by atoms with E-state index < -0.39 is 0 Å². The van der Waals surface area contributed by atoms with Crippen molar-refractivity contribution in [3.05, 3.63) is 58.1 Å². The Balaban J connectivity index is 2.26. The van der Waals surface area contributed by atoms with E-state index in [1.54, 1.807) is 36.4 Å². The highest BCUT2D eigenvalue weighted by Crippen LogP contribution is 2.34. The van der Waals surface area contributed by atoms with E-state index in [-0.39, 0.29) is 0 Å². The van der Waals surface area contributed by atoms with E-state index in [4.69, 9.17) is 33.2 Å². The maximum Gasteiger partial charge on any atom is 0.147 e. The van der Waals surface area contributed by atoms with Crippen LogP contribution in [0.1, 0.15) is 5.56 Å². The van der Waals surface area contributed by atoms with Gasteiger partial charge in [0.15, 0.2) is 0 Å². The van der Waals surface area contributed by atoms with Crippen molar-refractivity contribution >= 4 is 23.2 Å². The van der Waals surface area contributed by atoms with Gasteiger partial charge in [-0.25, -0.2) is 0 Å². The molecule has 0 aliphatic rings. The predicted octanol–water partition coefficient (Wildman–Crippen LogP) is 4.46. The molecule has 2 aromatic carbocycles. The maximum absolute atomic E-state index is 8.65. The zero-order valence-corrected chi connectivity index (χ0v) is 10.1. The third-order valence-electron chi connectivity index (χ3n) is 2.05. The quantitative estimate of drug-likeness (QED) is 0.801. The zero-order valence-electron chi connectivity index (χ0n) is 8.58. The molecule has 0 saturated carbocycles. The van der Waals surface area contributed by atoms with Crippen molar-refractivity contribution in [1.29, 1.82) is 5.26 Å². The molecule has 0 aliphatic heterocycles. The molecule has 0 saturated heterocycles. The number of rotatable bonds is 2. The largest absolute Gasteiger partial charge is 0.455 e. The van der Waals surface area contributed by atoms with Crippen LogP contribution in [0, 0.1) is 17.4 Å². The van der Waals surface area contributed by atoms with Gasteiger partial charge in [0.1, 0.15) is 16.5 Å². The molecule has 4 heteroatoms. The molecular weight excluding hydrogens is 257 g/mol. The molecule has 2 rings (SSSR count). The molecule has 0 fully saturated rings. The molecule has 0 unspecified atom stereocenters. The number of hydrogen-bond acceptors (Lipinski definition) is 2. The fraction of sp³-hybridized carbons (Fsp3) is 0. The topological polar surface area (TPSA) is 33.0 Å². The van der Waals surface area contributed by atoms with Gasteiger partial charge in [0.2, 0.25) is 0 Å². The van der Waals surface area contributed by atoms with Crippen LogP contribution < -0.4 is 4.74 Å². The molecule has 0 aromatic heterocycles. The summed E-state index contributed by atoms with van der Waals surface area (Å²) >= 11 is 11.8. The van der Waals surface area contributed by atoms with Crippen molar-refractivity contribution in [3.8, 4) is 17.6 Å². The first-order valence-electron chi connectivity index (χ1n) is 4.74. The van der Waals surface area contributed by atoms with Gasteiger partial charge in [0.25, 0.3) is 0 Å². The summed E-state index contributed by atoms with van der Waals surface area (Å²) in [5, 5.41) is 9.43.